The molecule has 6 heteroatoms. The van der Waals surface area contributed by atoms with Gasteiger partial charge in [0.2, 0.25) is 0 Å². The highest BCUT2D eigenvalue weighted by Gasteiger charge is 2.21. The summed E-state index contributed by atoms with van der Waals surface area (Å²) in [5, 5.41) is 14.5. The van der Waals surface area contributed by atoms with Gasteiger partial charge in [-0.05, 0) is 68.1 Å². The van der Waals surface area contributed by atoms with Gasteiger partial charge in [0.05, 0.1) is 5.69 Å². The lowest BCUT2D eigenvalue weighted by Gasteiger charge is -2.22. The molecule has 0 fully saturated rings. The third-order valence-corrected chi connectivity index (χ3v) is 10.6. The van der Waals surface area contributed by atoms with Crippen LogP contribution in [0.2, 0.25) is 0 Å². The number of benzene rings is 5. The highest BCUT2D eigenvalue weighted by atomic mass is 32.1. The van der Waals surface area contributed by atoms with E-state index in [2.05, 4.69) is 131 Å². The van der Waals surface area contributed by atoms with Gasteiger partial charge in [0.25, 0.3) is 0 Å². The Hall–Kier alpha value is -5.69. The van der Waals surface area contributed by atoms with Gasteiger partial charge in [0.1, 0.15) is 10.0 Å². The third-order valence-electron chi connectivity index (χ3n) is 8.91. The second-order valence-electron chi connectivity index (χ2n) is 11.7. The van der Waals surface area contributed by atoms with Crippen LogP contribution in [0.4, 0.5) is 0 Å². The molecular formula is C42H28N4S2. The van der Waals surface area contributed by atoms with Gasteiger partial charge in [-0.1, -0.05) is 97.1 Å². The summed E-state index contributed by atoms with van der Waals surface area (Å²) in [6.07, 6.45) is 10.1. The fourth-order valence-corrected chi connectivity index (χ4v) is 7.97. The van der Waals surface area contributed by atoms with Crippen LogP contribution in [0.3, 0.4) is 0 Å². The SMILES string of the molecule is C1=C(c2nccs2)C=C(c2c3ccccc3c(-c3cc(-c4nccs4)ccn3)c3ccc(-c4ccc(-c5ccccc5)cc4)cc23)NC1. The summed E-state index contributed by atoms with van der Waals surface area (Å²) >= 11 is 3.31. The zero-order valence-electron chi connectivity index (χ0n) is 25.8. The molecule has 0 bridgehead atoms. The summed E-state index contributed by atoms with van der Waals surface area (Å²) < 4.78 is 0. The number of allylic oxidation sites excluding steroid dienone is 2. The van der Waals surface area contributed by atoms with Crippen LogP contribution in [0, 0.1) is 0 Å². The molecule has 5 aromatic carbocycles. The van der Waals surface area contributed by atoms with E-state index in [0.29, 0.717) is 0 Å². The first kappa shape index (κ1) is 28.5. The van der Waals surface area contributed by atoms with E-state index in [1.54, 1.807) is 22.7 Å². The molecule has 4 heterocycles. The maximum absolute atomic E-state index is 4.96. The minimum Gasteiger partial charge on any atom is -0.381 e. The molecule has 1 aliphatic heterocycles. The van der Waals surface area contributed by atoms with Crippen LogP contribution in [0.25, 0.3) is 76.9 Å². The van der Waals surface area contributed by atoms with Gasteiger partial charge >= 0.3 is 0 Å². The van der Waals surface area contributed by atoms with Crippen molar-refractivity contribution in [3.63, 3.8) is 0 Å². The molecule has 8 aromatic rings. The Labute approximate surface area is 286 Å². The monoisotopic (exact) mass is 652 g/mol. The Balaban J connectivity index is 1.29. The molecule has 0 atom stereocenters. The van der Waals surface area contributed by atoms with Crippen LogP contribution in [0.1, 0.15) is 10.6 Å². The van der Waals surface area contributed by atoms with Crippen LogP contribution in [-0.2, 0) is 0 Å². The lowest BCUT2D eigenvalue weighted by atomic mass is 9.86. The van der Waals surface area contributed by atoms with E-state index >= 15 is 0 Å². The zero-order valence-corrected chi connectivity index (χ0v) is 27.4. The lowest BCUT2D eigenvalue weighted by molar-refractivity contribution is 1.00. The largest absolute Gasteiger partial charge is 0.381 e. The minimum atomic E-state index is 0.733. The molecule has 4 nitrogen and oxygen atoms in total. The molecule has 0 radical (unpaired) electrons. The van der Waals surface area contributed by atoms with Gasteiger partial charge in [0, 0.05) is 63.9 Å². The van der Waals surface area contributed by atoms with Crippen molar-refractivity contribution in [3.05, 3.63) is 161 Å². The second-order valence-corrected chi connectivity index (χ2v) is 13.5. The van der Waals surface area contributed by atoms with Gasteiger partial charge < -0.3 is 5.32 Å². The molecule has 0 aliphatic carbocycles. The molecule has 228 valence electrons. The number of nitrogens with zero attached hydrogens (tertiary/aromatic N) is 3. The summed E-state index contributed by atoms with van der Waals surface area (Å²) in [5.74, 6) is 0. The maximum atomic E-state index is 4.96. The summed E-state index contributed by atoms with van der Waals surface area (Å²) in [4.78, 5) is 14.2. The van der Waals surface area contributed by atoms with Crippen LogP contribution in [-0.4, -0.2) is 21.5 Å². The van der Waals surface area contributed by atoms with Crippen molar-refractivity contribution in [2.24, 2.45) is 0 Å². The first-order valence-corrected chi connectivity index (χ1v) is 17.6. The number of fused-ring (bicyclic) bond motifs is 2. The summed E-state index contributed by atoms with van der Waals surface area (Å²) in [6.45, 7) is 0.733. The van der Waals surface area contributed by atoms with Gasteiger partial charge in [-0.25, -0.2) is 9.97 Å². The van der Waals surface area contributed by atoms with E-state index in [-0.39, 0.29) is 0 Å². The average molecular weight is 653 g/mol. The van der Waals surface area contributed by atoms with E-state index in [1.165, 1.54) is 38.6 Å². The zero-order chi connectivity index (χ0) is 31.9. The number of aromatic nitrogens is 3. The molecule has 3 aromatic heterocycles. The fourth-order valence-electron chi connectivity index (χ4n) is 6.69. The third kappa shape index (κ3) is 5.12. The highest BCUT2D eigenvalue weighted by molar-refractivity contribution is 7.13. The number of hydrogen-bond acceptors (Lipinski definition) is 6. The average Bonchev–Trinajstić information content (AvgIpc) is 3.90. The Morgan fingerprint density at radius 3 is 1.90 bits per heavy atom. The van der Waals surface area contributed by atoms with E-state index in [1.807, 2.05) is 35.4 Å². The molecule has 0 amide bonds. The van der Waals surface area contributed by atoms with Crippen molar-refractivity contribution in [2.45, 2.75) is 0 Å². The number of dihydropyridines is 1. The molecule has 1 N–H and O–H groups in total. The van der Waals surface area contributed by atoms with E-state index in [0.717, 1.165) is 55.4 Å². The molecule has 1 aliphatic rings. The molecular weight excluding hydrogens is 625 g/mol. The van der Waals surface area contributed by atoms with Gasteiger partial charge in [-0.3, -0.25) is 4.98 Å². The van der Waals surface area contributed by atoms with Gasteiger partial charge in [0.15, 0.2) is 0 Å². The topological polar surface area (TPSA) is 50.7 Å². The van der Waals surface area contributed by atoms with Gasteiger partial charge in [-0.15, -0.1) is 22.7 Å². The Morgan fingerprint density at radius 2 is 1.15 bits per heavy atom. The molecule has 0 saturated heterocycles. The molecule has 48 heavy (non-hydrogen) atoms. The van der Waals surface area contributed by atoms with Crippen LogP contribution in [0.5, 0.6) is 0 Å². The number of nitrogens with one attached hydrogen (secondary N) is 1. The van der Waals surface area contributed by atoms with Crippen molar-refractivity contribution in [3.8, 4) is 44.1 Å². The fraction of sp³-hybridized carbons (Fsp3) is 0.0238. The predicted molar refractivity (Wildman–Crippen MR) is 203 cm³/mol. The van der Waals surface area contributed by atoms with E-state index in [4.69, 9.17) is 4.98 Å². The van der Waals surface area contributed by atoms with Gasteiger partial charge in [-0.2, -0.15) is 0 Å². The number of pyridine rings is 1. The van der Waals surface area contributed by atoms with E-state index in [9.17, 15) is 0 Å². The minimum absolute atomic E-state index is 0.733. The summed E-state index contributed by atoms with van der Waals surface area (Å²) in [5.41, 5.74) is 11.3. The Kier molecular flexibility index (Phi) is 7.22. The second kappa shape index (κ2) is 12.2. The summed E-state index contributed by atoms with van der Waals surface area (Å²) in [6, 6.07) is 39.2. The first-order valence-electron chi connectivity index (χ1n) is 15.9. The van der Waals surface area contributed by atoms with Crippen molar-refractivity contribution >= 4 is 55.5 Å². The Morgan fingerprint density at radius 1 is 0.500 bits per heavy atom. The van der Waals surface area contributed by atoms with Crippen LogP contribution < -0.4 is 5.32 Å². The van der Waals surface area contributed by atoms with Crippen molar-refractivity contribution in [2.75, 3.05) is 6.54 Å². The van der Waals surface area contributed by atoms with Crippen molar-refractivity contribution in [1.82, 2.24) is 20.3 Å². The first-order chi connectivity index (χ1) is 23.8. The van der Waals surface area contributed by atoms with Crippen LogP contribution >= 0.6 is 22.7 Å². The molecule has 9 rings (SSSR count). The molecule has 0 saturated carbocycles. The normalized spacial score (nSPS) is 12.9. The quantitative estimate of drug-likeness (QED) is 0.182. The summed E-state index contributed by atoms with van der Waals surface area (Å²) in [7, 11) is 0. The van der Waals surface area contributed by atoms with E-state index < -0.39 is 0 Å². The predicted octanol–water partition coefficient (Wildman–Crippen LogP) is 11.0. The molecule has 0 unspecified atom stereocenters. The highest BCUT2D eigenvalue weighted by Crippen LogP contribution is 2.44. The standard InChI is InChI=1S/C42H28N4S2/c1-2-6-27(7-3-1)28-10-12-29(13-11-28)30-14-15-35-36(24-30)40(38-26-32(17-19-44-38)42-46-21-23-48-42)34-9-5-4-8-33(34)39(35)37-25-31(16-18-43-37)41-45-20-22-47-41/h1-18,20-26,44H,19H2. The lowest BCUT2D eigenvalue weighted by Crippen LogP contribution is -2.16. The maximum Gasteiger partial charge on any atom is 0.123 e. The van der Waals surface area contributed by atoms with Crippen LogP contribution in [0.15, 0.2) is 151 Å². The number of rotatable bonds is 6. The molecule has 0 spiro atoms. The van der Waals surface area contributed by atoms with Crippen molar-refractivity contribution in [1.29, 1.82) is 0 Å². The number of thiazole rings is 2. The Bertz CT molecular complexity index is 2480. The number of hydrogen-bond donors (Lipinski definition) is 1. The smallest absolute Gasteiger partial charge is 0.123 e. The van der Waals surface area contributed by atoms with Crippen molar-refractivity contribution < 1.29 is 0 Å².